The van der Waals surface area contributed by atoms with Crippen LogP contribution in [0.25, 0.3) is 0 Å². The van der Waals surface area contributed by atoms with Gasteiger partial charge in [0.2, 0.25) is 5.91 Å². The highest BCUT2D eigenvalue weighted by Crippen LogP contribution is 2.17. The van der Waals surface area contributed by atoms with E-state index in [2.05, 4.69) is 10.1 Å². The number of hydrogen-bond donors (Lipinski definition) is 2. The fraction of sp³-hybridized carbons (Fsp3) is 0.429. The third kappa shape index (κ3) is 6.97. The highest BCUT2D eigenvalue weighted by atomic mass is 35.5. The predicted molar refractivity (Wildman–Crippen MR) is 82.7 cm³/mol. The molecule has 0 radical (unpaired) electrons. The van der Waals surface area contributed by atoms with Gasteiger partial charge in [0.1, 0.15) is 5.75 Å². The van der Waals surface area contributed by atoms with Crippen molar-refractivity contribution in [2.24, 2.45) is 5.73 Å². The minimum Gasteiger partial charge on any atom is -0.482 e. The van der Waals surface area contributed by atoms with Crippen LogP contribution in [0.5, 0.6) is 5.75 Å². The van der Waals surface area contributed by atoms with Crippen molar-refractivity contribution in [3.8, 4) is 5.75 Å². The molecule has 21 heavy (non-hydrogen) atoms. The van der Waals surface area contributed by atoms with Gasteiger partial charge < -0.3 is 20.5 Å². The lowest BCUT2D eigenvalue weighted by atomic mass is 10.1. The molecule has 0 saturated heterocycles. The van der Waals surface area contributed by atoms with E-state index >= 15 is 0 Å². The van der Waals surface area contributed by atoms with Gasteiger partial charge in [0.15, 0.2) is 6.61 Å². The number of methoxy groups -OCH3 is 1. The Morgan fingerprint density at radius 1 is 1.38 bits per heavy atom. The summed E-state index contributed by atoms with van der Waals surface area (Å²) in [6, 6.07) is 6.22. The second-order valence-electron chi connectivity index (χ2n) is 4.28. The largest absolute Gasteiger partial charge is 0.482 e. The molecule has 1 unspecified atom stereocenters. The Morgan fingerprint density at radius 3 is 2.71 bits per heavy atom. The van der Waals surface area contributed by atoms with Gasteiger partial charge in [0, 0.05) is 11.8 Å². The van der Waals surface area contributed by atoms with E-state index < -0.39 is 12.0 Å². The maximum atomic E-state index is 11.8. The molecule has 0 aromatic heterocycles. The number of esters is 1. The molecule has 7 heteroatoms. The molecular formula is C14H21ClN2O4. The van der Waals surface area contributed by atoms with Crippen LogP contribution in [0, 0.1) is 0 Å². The number of anilines is 1. The zero-order chi connectivity index (χ0) is 15.0. The van der Waals surface area contributed by atoms with E-state index in [1.807, 2.05) is 6.92 Å². The summed E-state index contributed by atoms with van der Waals surface area (Å²) in [7, 11) is 1.29. The predicted octanol–water partition coefficient (Wildman–Crippen LogP) is 1.73. The molecule has 0 aliphatic rings. The minimum atomic E-state index is -0.528. The first-order valence-electron chi connectivity index (χ1n) is 6.43. The Kier molecular flexibility index (Phi) is 9.16. The van der Waals surface area contributed by atoms with Gasteiger partial charge in [0.25, 0.3) is 0 Å². The number of benzene rings is 1. The molecule has 0 aliphatic carbocycles. The first kappa shape index (κ1) is 19.2. The summed E-state index contributed by atoms with van der Waals surface area (Å²) >= 11 is 0. The molecule has 6 nitrogen and oxygen atoms in total. The molecule has 0 fully saturated rings. The topological polar surface area (TPSA) is 90.7 Å². The molecule has 0 aliphatic heterocycles. The Morgan fingerprint density at radius 2 is 2.10 bits per heavy atom. The van der Waals surface area contributed by atoms with Gasteiger partial charge in [-0.2, -0.15) is 0 Å². The van der Waals surface area contributed by atoms with E-state index in [0.29, 0.717) is 17.9 Å². The summed E-state index contributed by atoms with van der Waals surface area (Å²) in [6.07, 6.45) is 1.47. The molecular weight excluding hydrogens is 296 g/mol. The summed E-state index contributed by atoms with van der Waals surface area (Å²) in [5.41, 5.74) is 6.30. The lowest BCUT2D eigenvalue weighted by Crippen LogP contribution is -2.35. The van der Waals surface area contributed by atoms with Crippen LogP contribution in [-0.4, -0.2) is 31.6 Å². The zero-order valence-electron chi connectivity index (χ0n) is 12.1. The molecule has 118 valence electrons. The van der Waals surface area contributed by atoms with E-state index in [-0.39, 0.29) is 24.9 Å². The number of halogens is 1. The van der Waals surface area contributed by atoms with Crippen LogP contribution in [0.15, 0.2) is 24.3 Å². The number of carbonyl (C=O) groups is 2. The summed E-state index contributed by atoms with van der Waals surface area (Å²) in [5.74, 6) is -0.237. The molecule has 0 heterocycles. The first-order valence-corrected chi connectivity index (χ1v) is 6.43. The normalized spacial score (nSPS) is 11.0. The maximum absolute atomic E-state index is 11.8. The molecule has 1 aromatic rings. The number of amides is 1. The molecule has 0 saturated carbocycles. The highest BCUT2D eigenvalue weighted by molar-refractivity contribution is 5.94. The van der Waals surface area contributed by atoms with Crippen LogP contribution < -0.4 is 15.8 Å². The summed E-state index contributed by atoms with van der Waals surface area (Å²) < 4.78 is 9.71. The third-order valence-electron chi connectivity index (χ3n) is 2.62. The van der Waals surface area contributed by atoms with Gasteiger partial charge in [-0.05, 0) is 18.6 Å². The first-order chi connectivity index (χ1) is 9.56. The average molecular weight is 317 g/mol. The number of nitrogens with one attached hydrogen (secondary N) is 1. The van der Waals surface area contributed by atoms with Crippen molar-refractivity contribution in [1.82, 2.24) is 0 Å². The Bertz CT molecular complexity index is 468. The quantitative estimate of drug-likeness (QED) is 0.748. The number of nitrogens with two attached hydrogens (primary N) is 1. The van der Waals surface area contributed by atoms with Gasteiger partial charge in [-0.3, -0.25) is 4.79 Å². The summed E-state index contributed by atoms with van der Waals surface area (Å²) in [5, 5.41) is 2.71. The van der Waals surface area contributed by atoms with Crippen molar-refractivity contribution >= 4 is 30.0 Å². The van der Waals surface area contributed by atoms with Gasteiger partial charge in [-0.15, -0.1) is 12.4 Å². The lowest BCUT2D eigenvalue weighted by Gasteiger charge is -2.12. The van der Waals surface area contributed by atoms with E-state index in [0.717, 1.165) is 6.42 Å². The molecule has 1 aromatic carbocycles. The van der Waals surface area contributed by atoms with E-state index in [1.165, 1.54) is 7.11 Å². The zero-order valence-corrected chi connectivity index (χ0v) is 12.9. The Hall–Kier alpha value is -1.79. The standard InChI is InChI=1S/C14H20N2O4.ClH/c1-3-5-12(15)14(18)16-10-6-4-7-11(8-10)20-9-13(17)19-2;/h4,6-8,12H,3,5,9,15H2,1-2H3,(H,16,18);1H. The molecule has 0 spiro atoms. The Balaban J connectivity index is 0.00000400. The van der Waals surface area contributed by atoms with Crippen molar-refractivity contribution in [1.29, 1.82) is 0 Å². The van der Waals surface area contributed by atoms with Crippen molar-refractivity contribution in [2.45, 2.75) is 25.8 Å². The molecule has 1 rings (SSSR count). The van der Waals surface area contributed by atoms with Crippen molar-refractivity contribution in [3.05, 3.63) is 24.3 Å². The van der Waals surface area contributed by atoms with E-state index in [4.69, 9.17) is 10.5 Å². The molecule has 1 atom stereocenters. The van der Waals surface area contributed by atoms with Crippen LogP contribution in [0.2, 0.25) is 0 Å². The van der Waals surface area contributed by atoms with Crippen LogP contribution in [0.4, 0.5) is 5.69 Å². The van der Waals surface area contributed by atoms with Crippen molar-refractivity contribution in [3.63, 3.8) is 0 Å². The van der Waals surface area contributed by atoms with Gasteiger partial charge in [-0.25, -0.2) is 4.79 Å². The minimum absolute atomic E-state index is 0. The third-order valence-corrected chi connectivity index (χ3v) is 2.62. The maximum Gasteiger partial charge on any atom is 0.343 e. The molecule has 3 N–H and O–H groups in total. The fourth-order valence-electron chi connectivity index (χ4n) is 1.54. The van der Waals surface area contributed by atoms with Crippen LogP contribution in [0.3, 0.4) is 0 Å². The summed E-state index contributed by atoms with van der Waals surface area (Å²) in [6.45, 7) is 1.79. The highest BCUT2D eigenvalue weighted by Gasteiger charge is 2.12. The van der Waals surface area contributed by atoms with E-state index in [9.17, 15) is 9.59 Å². The fourth-order valence-corrected chi connectivity index (χ4v) is 1.54. The second-order valence-corrected chi connectivity index (χ2v) is 4.28. The van der Waals surface area contributed by atoms with Crippen LogP contribution in [0.1, 0.15) is 19.8 Å². The van der Waals surface area contributed by atoms with Crippen molar-refractivity contribution < 1.29 is 19.1 Å². The van der Waals surface area contributed by atoms with E-state index in [1.54, 1.807) is 24.3 Å². The van der Waals surface area contributed by atoms with Crippen LogP contribution in [-0.2, 0) is 14.3 Å². The number of ether oxygens (including phenoxy) is 2. The number of carbonyl (C=O) groups excluding carboxylic acids is 2. The monoisotopic (exact) mass is 316 g/mol. The second kappa shape index (κ2) is 10.0. The smallest absolute Gasteiger partial charge is 0.343 e. The van der Waals surface area contributed by atoms with Gasteiger partial charge in [-0.1, -0.05) is 19.4 Å². The summed E-state index contributed by atoms with van der Waals surface area (Å²) in [4.78, 5) is 22.8. The Labute approximate surface area is 130 Å². The number of rotatable bonds is 7. The van der Waals surface area contributed by atoms with Crippen LogP contribution >= 0.6 is 12.4 Å². The molecule has 1 amide bonds. The van der Waals surface area contributed by atoms with Gasteiger partial charge >= 0.3 is 5.97 Å². The van der Waals surface area contributed by atoms with Gasteiger partial charge in [0.05, 0.1) is 13.2 Å². The average Bonchev–Trinajstić information content (AvgIpc) is 2.45. The molecule has 0 bridgehead atoms. The SMILES string of the molecule is CCCC(N)C(=O)Nc1cccc(OCC(=O)OC)c1.Cl. The lowest BCUT2D eigenvalue weighted by molar-refractivity contribution is -0.142. The van der Waals surface area contributed by atoms with Crippen molar-refractivity contribution in [2.75, 3.05) is 19.0 Å². The number of hydrogen-bond acceptors (Lipinski definition) is 5.